The van der Waals surface area contributed by atoms with Gasteiger partial charge in [0.05, 0.1) is 42.6 Å². The molecule has 13 rings (SSSR count). The highest BCUT2D eigenvalue weighted by molar-refractivity contribution is 5.98. The summed E-state index contributed by atoms with van der Waals surface area (Å²) in [7, 11) is 3.23. The van der Waals surface area contributed by atoms with Crippen LogP contribution in [0.4, 0.5) is 0 Å². The molecule has 12 bridgehead atoms. The molecule has 0 spiro atoms. The molecule has 2 saturated heterocycles. The zero-order valence-corrected chi connectivity index (χ0v) is 61.3. The lowest BCUT2D eigenvalue weighted by atomic mass is 9.85. The fourth-order valence-electron chi connectivity index (χ4n) is 13.4. The number of fused-ring (bicyclic) bond motifs is 1. The van der Waals surface area contributed by atoms with Crippen LogP contribution in [0, 0.1) is 16.7 Å². The second-order valence-electron chi connectivity index (χ2n) is 29.9. The van der Waals surface area contributed by atoms with Crippen LogP contribution in [0.25, 0.3) is 10.8 Å². The molecule has 0 saturated carbocycles. The van der Waals surface area contributed by atoms with Gasteiger partial charge < -0.3 is 66.7 Å². The summed E-state index contributed by atoms with van der Waals surface area (Å²) in [6.45, 7) is 13.7. The van der Waals surface area contributed by atoms with Crippen LogP contribution in [-0.4, -0.2) is 191 Å². The van der Waals surface area contributed by atoms with Gasteiger partial charge in [-0.15, -0.1) is 10.2 Å². The van der Waals surface area contributed by atoms with Crippen LogP contribution in [0.1, 0.15) is 120 Å². The Morgan fingerprint density at radius 2 is 1.00 bits per heavy atom. The third kappa shape index (κ3) is 19.5. The van der Waals surface area contributed by atoms with Gasteiger partial charge in [-0.25, -0.2) is 19.0 Å². The highest BCUT2D eigenvalue weighted by Crippen LogP contribution is 2.35. The summed E-state index contributed by atoms with van der Waals surface area (Å²) < 4.78 is 15.4. The first-order valence-corrected chi connectivity index (χ1v) is 35.7. The van der Waals surface area contributed by atoms with Crippen molar-refractivity contribution in [3.8, 4) is 11.5 Å². The van der Waals surface area contributed by atoms with Crippen molar-refractivity contribution in [2.75, 3.05) is 27.2 Å². The number of likely N-dealkylation sites (N-methyl/N-ethyl adjacent to an activating group) is 2. The summed E-state index contributed by atoms with van der Waals surface area (Å²) in [5.74, 6) is -7.84. The predicted molar refractivity (Wildman–Crippen MR) is 389 cm³/mol. The monoisotopic (exact) mass is 1450 g/mol. The van der Waals surface area contributed by atoms with E-state index < -0.39 is 149 Å². The Bertz CT molecular complexity index is 4320. The largest absolute Gasteiger partial charge is 0.487 e. The van der Waals surface area contributed by atoms with E-state index >= 15 is 19.2 Å². The van der Waals surface area contributed by atoms with Crippen LogP contribution in [0.2, 0.25) is 0 Å². The highest BCUT2D eigenvalue weighted by atomic mass is 16.5. The fraction of sp³-hybridized carbons (Fsp3) is 0.455. The first-order valence-electron chi connectivity index (χ1n) is 35.7. The molecule has 7 amide bonds. The van der Waals surface area contributed by atoms with Crippen LogP contribution >= 0.6 is 0 Å². The van der Waals surface area contributed by atoms with Gasteiger partial charge in [0.2, 0.25) is 41.4 Å². The Hall–Kier alpha value is -10.9. The quantitative estimate of drug-likeness (QED) is 0.0735. The molecule has 12 atom stereocenters. The smallest absolute Gasteiger partial charge is 0.326 e. The maximum Gasteiger partial charge on any atom is 0.326 e. The van der Waals surface area contributed by atoms with E-state index in [-0.39, 0.29) is 64.8 Å². The summed E-state index contributed by atoms with van der Waals surface area (Å²) in [4.78, 5) is 147. The third-order valence-electron chi connectivity index (χ3n) is 19.9. The van der Waals surface area contributed by atoms with E-state index in [1.165, 1.54) is 19.2 Å². The van der Waals surface area contributed by atoms with Gasteiger partial charge in [-0.2, -0.15) is 0 Å². The standard InChI is InChI=1S/C77H95N15O14/c1-44(78-9)67(94)83-65(76(3,4)5)72(99)89-40-55-36-62(89)64(93)35-52(30-46-16-12-11-13-17-46)69(96)81-60(74(101)102)32-47-21-26-57(27-22-47)106-43-54-39-92(88-86-54)56-37-63(90(41-56)73(100)66(77(6,7)8)84-68(95)45(2)79-10)71(98)80-59(34-49-20-25-50-18-14-15-19-51(50)31-49)70(97)82-61(75(103)104)33-48-23-28-58(29-24-48)105-42-53-38-91(55)87-85-53/h11-29,31,38-39,44-45,52,55-56,59-63,65-66,78-79H,30,32-37,40-43H2,1-10H3,(H,80,98)(H,81,96)(H,82,97)(H,83,94)(H,84,95)(H,101,102)(H,103,104)/t44-,45-,52+,55-,56?,59-,60-,61-,62-,63-,65+,66+/m0/s1. The molecule has 29 nitrogen and oxygen atoms in total. The van der Waals surface area contributed by atoms with Crippen LogP contribution < -0.4 is 46.7 Å². The van der Waals surface area contributed by atoms with Gasteiger partial charge in [0, 0.05) is 51.1 Å². The summed E-state index contributed by atoms with van der Waals surface area (Å²) >= 11 is 0. The molecule has 0 radical (unpaired) electrons. The van der Waals surface area contributed by atoms with Gasteiger partial charge in [0.15, 0.2) is 5.78 Å². The van der Waals surface area contributed by atoms with E-state index in [4.69, 9.17) is 9.47 Å². The van der Waals surface area contributed by atoms with Gasteiger partial charge in [-0.1, -0.05) is 149 Å². The first-order chi connectivity index (χ1) is 50.4. The SMILES string of the molecule is CN[C@@H](C)C(=O)N[C@H](C(=O)N1C[C@@H]2C[C@H]1C(=O)C[C@@H](Cc1ccccc1)C(=O)N[C@H](C(=O)O)Cc1ccc(cc1)OCc1cn(nn1)C1C[C@@H](C(=O)N[C@@H](Cc3ccc4ccccc4c3)C(=O)N[C@H](C(=O)O)Cc3ccc(cc3)OCc3cn2nn3)N(C(=O)[C@@H](NC(=O)[C@H](C)NC)C(C)(C)C)C1)C(C)(C)C. The lowest BCUT2D eigenvalue weighted by molar-refractivity contribution is -0.145. The number of hydrogen-bond acceptors (Lipinski definition) is 18. The van der Waals surface area contributed by atoms with Gasteiger partial charge in [-0.3, -0.25) is 38.4 Å². The van der Waals surface area contributed by atoms with Crippen molar-refractivity contribution in [1.29, 1.82) is 0 Å². The number of benzene rings is 5. The number of nitrogens with one attached hydrogen (secondary N) is 7. The number of amides is 7. The number of aliphatic carboxylic acids is 2. The molecule has 6 aliphatic rings. The minimum atomic E-state index is -1.51. The van der Waals surface area contributed by atoms with Crippen molar-refractivity contribution in [2.24, 2.45) is 16.7 Å². The predicted octanol–water partition coefficient (Wildman–Crippen LogP) is 4.23. The molecule has 29 heteroatoms. The fourth-order valence-corrected chi connectivity index (χ4v) is 13.4. The van der Waals surface area contributed by atoms with Crippen LogP contribution in [0.15, 0.2) is 134 Å². The first kappa shape index (κ1) is 77.7. The Balaban J connectivity index is 0.975. The van der Waals surface area contributed by atoms with Crippen molar-refractivity contribution >= 4 is 69.8 Å². The van der Waals surface area contributed by atoms with Gasteiger partial charge >= 0.3 is 11.9 Å². The number of carboxylic acids is 2. The molecule has 7 aromatic rings. The zero-order valence-electron chi connectivity index (χ0n) is 61.3. The van der Waals surface area contributed by atoms with Gasteiger partial charge in [-0.05, 0) is 109 Å². The second-order valence-corrected chi connectivity index (χ2v) is 29.9. The summed E-state index contributed by atoms with van der Waals surface area (Å²) in [5.41, 5.74) is 1.32. The molecule has 2 aromatic heterocycles. The number of carbonyl (C=O) groups excluding carboxylic acids is 8. The normalized spacial score (nSPS) is 22.1. The number of nitrogens with zero attached hydrogens (tertiary/aromatic N) is 8. The average Bonchev–Trinajstić information content (AvgIpc) is 1.62. The molecular formula is C77H95N15O14. The Morgan fingerprint density at radius 1 is 0.538 bits per heavy atom. The number of ether oxygens (including phenoxy) is 2. The molecule has 106 heavy (non-hydrogen) atoms. The molecule has 9 N–H and O–H groups in total. The topological polar surface area (TPSA) is 382 Å². The molecule has 562 valence electrons. The van der Waals surface area contributed by atoms with Crippen molar-refractivity contribution in [2.45, 2.75) is 180 Å². The molecule has 1 unspecified atom stereocenters. The highest BCUT2D eigenvalue weighted by Gasteiger charge is 2.49. The lowest BCUT2D eigenvalue weighted by Crippen LogP contribution is -2.60. The van der Waals surface area contributed by atoms with Crippen molar-refractivity contribution in [1.82, 2.24) is 77.0 Å². The molecule has 0 aliphatic carbocycles. The number of likely N-dealkylation sites (tertiary alicyclic amines) is 2. The van der Waals surface area contributed by atoms with E-state index in [1.807, 2.05) is 42.5 Å². The number of carbonyl (C=O) groups is 10. The van der Waals surface area contributed by atoms with E-state index in [0.717, 1.165) is 10.8 Å². The van der Waals surface area contributed by atoms with Crippen LogP contribution in [-0.2, 0) is 86.8 Å². The second kappa shape index (κ2) is 33.9. The minimum absolute atomic E-state index is 0.0303. The minimum Gasteiger partial charge on any atom is -0.487 e. The number of aromatic nitrogens is 6. The maximum atomic E-state index is 15.3. The van der Waals surface area contributed by atoms with Crippen LogP contribution in [0.5, 0.6) is 11.5 Å². The van der Waals surface area contributed by atoms with E-state index in [1.54, 1.807) is 161 Å². The zero-order chi connectivity index (χ0) is 76.3. The summed E-state index contributed by atoms with van der Waals surface area (Å²) in [6.07, 6.45) is 2.40. The van der Waals surface area contributed by atoms with E-state index in [9.17, 15) is 39.0 Å². The van der Waals surface area contributed by atoms with Crippen LogP contribution in [0.3, 0.4) is 0 Å². The molecule has 5 aromatic carbocycles. The number of rotatable bonds is 14. The summed E-state index contributed by atoms with van der Waals surface area (Å²) in [5, 5.41) is 60.7. The molecule has 6 aliphatic heterocycles. The summed E-state index contributed by atoms with van der Waals surface area (Å²) in [6, 6.07) is 23.5. The van der Waals surface area contributed by atoms with E-state index in [0.29, 0.717) is 45.1 Å². The number of ketones is 1. The third-order valence-corrected chi connectivity index (χ3v) is 19.9. The number of Topliss-reactive ketones (excluding diaryl/α,β-unsaturated/α-hetero) is 1. The van der Waals surface area contributed by atoms with Crippen molar-refractivity contribution < 1.29 is 67.6 Å². The lowest BCUT2D eigenvalue weighted by Gasteiger charge is -2.36. The Kier molecular flexibility index (Phi) is 24.8. The molecule has 8 heterocycles. The van der Waals surface area contributed by atoms with Gasteiger partial charge in [0.1, 0.15) is 72.4 Å². The number of carboxylic acid groups (broad SMARTS) is 2. The Labute approximate surface area is 614 Å². The van der Waals surface area contributed by atoms with E-state index in [2.05, 4.69) is 57.8 Å². The van der Waals surface area contributed by atoms with Crippen molar-refractivity contribution in [3.63, 3.8) is 0 Å². The molecular weight excluding hydrogens is 1360 g/mol. The van der Waals surface area contributed by atoms with Gasteiger partial charge in [0.25, 0.3) is 0 Å². The maximum absolute atomic E-state index is 15.3. The number of hydrogen-bond donors (Lipinski definition) is 9. The molecule has 2 fully saturated rings. The average molecular weight is 1450 g/mol. The Morgan fingerprint density at radius 3 is 1.48 bits per heavy atom. The van der Waals surface area contributed by atoms with Crippen molar-refractivity contribution in [3.05, 3.63) is 167 Å².